The Hall–Kier alpha value is -3.27. The maximum atomic E-state index is 11.8. The van der Waals surface area contributed by atoms with Gasteiger partial charge in [-0.15, -0.1) is 0 Å². The zero-order valence-electron chi connectivity index (χ0n) is 15.2. The molecule has 4 nitrogen and oxygen atoms in total. The Balaban J connectivity index is 1.66. The van der Waals surface area contributed by atoms with Gasteiger partial charge < -0.3 is 4.90 Å². The monoisotopic (exact) mass is 355 g/mol. The summed E-state index contributed by atoms with van der Waals surface area (Å²) in [6, 6.07) is 24.3. The summed E-state index contributed by atoms with van der Waals surface area (Å²) in [4.78, 5) is 23.0. The van der Waals surface area contributed by atoms with Crippen molar-refractivity contribution in [1.82, 2.24) is 9.88 Å². The van der Waals surface area contributed by atoms with Crippen molar-refractivity contribution in [2.75, 3.05) is 13.6 Å². The van der Waals surface area contributed by atoms with Gasteiger partial charge in [0.2, 0.25) is 5.91 Å². The first-order valence-electron chi connectivity index (χ1n) is 9.10. The van der Waals surface area contributed by atoms with E-state index in [-0.39, 0.29) is 11.8 Å². The number of benzene rings is 2. The fourth-order valence-electron chi connectivity index (χ4n) is 3.38. The van der Waals surface area contributed by atoms with Crippen LogP contribution in [0.15, 0.2) is 84.0 Å². The van der Waals surface area contributed by atoms with Gasteiger partial charge in [0.25, 0.3) is 0 Å². The number of pyridine rings is 1. The highest BCUT2D eigenvalue weighted by Gasteiger charge is 2.28. The molecule has 1 saturated heterocycles. The van der Waals surface area contributed by atoms with Crippen molar-refractivity contribution in [3.8, 4) is 0 Å². The van der Waals surface area contributed by atoms with Gasteiger partial charge in [0.05, 0.1) is 17.6 Å². The van der Waals surface area contributed by atoms with Crippen LogP contribution in [0.25, 0.3) is 0 Å². The molecule has 0 spiro atoms. The van der Waals surface area contributed by atoms with E-state index in [1.807, 2.05) is 55.6 Å². The lowest BCUT2D eigenvalue weighted by atomic mass is 10.0. The number of likely N-dealkylation sites (N-methyl/N-ethyl adjacent to an activating group) is 1. The summed E-state index contributed by atoms with van der Waals surface area (Å²) >= 11 is 0. The van der Waals surface area contributed by atoms with Gasteiger partial charge in [-0.05, 0) is 12.1 Å². The molecule has 27 heavy (non-hydrogen) atoms. The predicted octanol–water partition coefficient (Wildman–Crippen LogP) is 4.20. The van der Waals surface area contributed by atoms with Gasteiger partial charge in [-0.3, -0.25) is 9.78 Å². The lowest BCUT2D eigenvalue weighted by molar-refractivity contribution is -0.126. The van der Waals surface area contributed by atoms with Gasteiger partial charge in [0.1, 0.15) is 0 Å². The Morgan fingerprint density at radius 3 is 2.07 bits per heavy atom. The van der Waals surface area contributed by atoms with Crippen LogP contribution in [0.4, 0.5) is 5.69 Å². The second-order valence-corrected chi connectivity index (χ2v) is 6.81. The number of aliphatic imine (C=N–C) groups is 1. The number of hydrogen-bond donors (Lipinski definition) is 0. The van der Waals surface area contributed by atoms with Crippen LogP contribution in [0, 0.1) is 0 Å². The number of carbonyl (C=O) groups excluding carboxylic acids is 1. The highest BCUT2D eigenvalue weighted by Crippen LogP contribution is 2.27. The third-order valence-corrected chi connectivity index (χ3v) is 4.87. The molecule has 4 heteroatoms. The van der Waals surface area contributed by atoms with E-state index in [0.29, 0.717) is 6.42 Å². The van der Waals surface area contributed by atoms with Crippen LogP contribution in [0.1, 0.15) is 29.2 Å². The first-order valence-corrected chi connectivity index (χ1v) is 9.10. The number of amides is 1. The van der Waals surface area contributed by atoms with Gasteiger partial charge in [-0.25, -0.2) is 4.99 Å². The fourth-order valence-corrected chi connectivity index (χ4v) is 3.38. The van der Waals surface area contributed by atoms with E-state index in [9.17, 15) is 4.79 Å². The molecule has 0 bridgehead atoms. The third kappa shape index (κ3) is 3.80. The van der Waals surface area contributed by atoms with Crippen LogP contribution in [0.5, 0.6) is 0 Å². The Labute approximate surface area is 159 Å². The topological polar surface area (TPSA) is 45.6 Å². The smallest absolute Gasteiger partial charge is 0.223 e. The molecule has 0 N–H and O–H groups in total. The standard InChI is InChI=1S/C23H21N3O/c1-26-16-19(14-22(26)27)21-13-12-20(15-24-21)25-23(17-8-4-2-5-9-17)18-10-6-3-7-11-18/h2-13,15,19H,14,16H2,1H3. The molecule has 1 unspecified atom stereocenters. The van der Waals surface area contributed by atoms with E-state index in [4.69, 9.17) is 4.99 Å². The molecular weight excluding hydrogens is 334 g/mol. The summed E-state index contributed by atoms with van der Waals surface area (Å²) in [6.45, 7) is 0.730. The summed E-state index contributed by atoms with van der Waals surface area (Å²) in [7, 11) is 1.84. The minimum absolute atomic E-state index is 0.170. The third-order valence-electron chi connectivity index (χ3n) is 4.87. The number of carbonyl (C=O) groups is 1. The van der Waals surface area contributed by atoms with Crippen molar-refractivity contribution in [2.45, 2.75) is 12.3 Å². The largest absolute Gasteiger partial charge is 0.345 e. The highest BCUT2D eigenvalue weighted by molar-refractivity contribution is 6.13. The summed E-state index contributed by atoms with van der Waals surface area (Å²) in [5.41, 5.74) is 4.81. The summed E-state index contributed by atoms with van der Waals surface area (Å²) < 4.78 is 0. The molecule has 0 radical (unpaired) electrons. The second kappa shape index (κ2) is 7.54. The molecule has 4 rings (SSSR count). The number of likely N-dealkylation sites (tertiary alicyclic amines) is 1. The SMILES string of the molecule is CN1CC(c2ccc(N=C(c3ccccc3)c3ccccc3)cn2)CC1=O. The van der Waals surface area contributed by atoms with Crippen molar-refractivity contribution in [3.05, 3.63) is 95.8 Å². The Morgan fingerprint density at radius 1 is 0.963 bits per heavy atom. The zero-order valence-corrected chi connectivity index (χ0v) is 15.2. The molecule has 1 fully saturated rings. The van der Waals surface area contributed by atoms with E-state index in [0.717, 1.165) is 34.8 Å². The molecule has 1 aliphatic heterocycles. The lowest BCUT2D eigenvalue weighted by Gasteiger charge is -2.10. The van der Waals surface area contributed by atoms with Gasteiger partial charge >= 0.3 is 0 Å². The molecule has 0 aliphatic carbocycles. The van der Waals surface area contributed by atoms with Gasteiger partial charge in [0.15, 0.2) is 0 Å². The molecule has 1 aliphatic rings. The molecule has 1 aromatic heterocycles. The Kier molecular flexibility index (Phi) is 4.79. The van der Waals surface area contributed by atoms with Crippen molar-refractivity contribution in [2.24, 2.45) is 4.99 Å². The maximum absolute atomic E-state index is 11.8. The molecule has 1 atom stereocenters. The molecule has 2 aromatic carbocycles. The minimum Gasteiger partial charge on any atom is -0.345 e. The van der Waals surface area contributed by atoms with E-state index in [1.165, 1.54) is 0 Å². The van der Waals surface area contributed by atoms with E-state index >= 15 is 0 Å². The highest BCUT2D eigenvalue weighted by atomic mass is 16.2. The Morgan fingerprint density at radius 2 is 1.59 bits per heavy atom. The summed E-state index contributed by atoms with van der Waals surface area (Å²) in [5.74, 6) is 0.350. The van der Waals surface area contributed by atoms with Crippen LogP contribution in [-0.4, -0.2) is 35.1 Å². The molecule has 134 valence electrons. The summed E-state index contributed by atoms with van der Waals surface area (Å²) in [6.07, 6.45) is 2.33. The molecular formula is C23H21N3O. The van der Waals surface area contributed by atoms with E-state index in [1.54, 1.807) is 11.1 Å². The van der Waals surface area contributed by atoms with Crippen molar-refractivity contribution < 1.29 is 4.79 Å². The quantitative estimate of drug-likeness (QED) is 0.659. The van der Waals surface area contributed by atoms with Crippen LogP contribution in [-0.2, 0) is 4.79 Å². The van der Waals surface area contributed by atoms with Crippen molar-refractivity contribution in [1.29, 1.82) is 0 Å². The molecule has 2 heterocycles. The normalized spacial score (nSPS) is 16.4. The van der Waals surface area contributed by atoms with Crippen molar-refractivity contribution >= 4 is 17.3 Å². The lowest BCUT2D eigenvalue weighted by Crippen LogP contribution is -2.18. The van der Waals surface area contributed by atoms with Crippen LogP contribution in [0.3, 0.4) is 0 Å². The molecule has 0 saturated carbocycles. The van der Waals surface area contributed by atoms with Crippen molar-refractivity contribution in [3.63, 3.8) is 0 Å². The van der Waals surface area contributed by atoms with Gasteiger partial charge in [-0.2, -0.15) is 0 Å². The second-order valence-electron chi connectivity index (χ2n) is 6.81. The zero-order chi connectivity index (χ0) is 18.6. The molecule has 3 aromatic rings. The summed E-state index contributed by atoms with van der Waals surface area (Å²) in [5, 5.41) is 0. The van der Waals surface area contributed by atoms with E-state index in [2.05, 4.69) is 29.2 Å². The average molecular weight is 355 g/mol. The maximum Gasteiger partial charge on any atom is 0.223 e. The number of nitrogens with zero attached hydrogens (tertiary/aromatic N) is 3. The predicted molar refractivity (Wildman–Crippen MR) is 107 cm³/mol. The van der Waals surface area contributed by atoms with Gasteiger partial charge in [-0.1, -0.05) is 60.7 Å². The Bertz CT molecular complexity index is 908. The van der Waals surface area contributed by atoms with E-state index < -0.39 is 0 Å². The molecule has 1 amide bonds. The van der Waals surface area contributed by atoms with Crippen LogP contribution in [0.2, 0.25) is 0 Å². The number of rotatable bonds is 4. The van der Waals surface area contributed by atoms with Gasteiger partial charge in [0, 0.05) is 42.8 Å². The minimum atomic E-state index is 0.170. The number of aromatic nitrogens is 1. The average Bonchev–Trinajstić information content (AvgIpc) is 3.06. The van der Waals surface area contributed by atoms with Crippen LogP contribution >= 0.6 is 0 Å². The fraction of sp³-hybridized carbons (Fsp3) is 0.174. The first-order chi connectivity index (χ1) is 13.2. The number of hydrogen-bond acceptors (Lipinski definition) is 3. The van der Waals surface area contributed by atoms with Crippen LogP contribution < -0.4 is 0 Å². The first kappa shape index (κ1) is 17.2.